The highest BCUT2D eigenvalue weighted by atomic mass is 79.9. The molecule has 1 unspecified atom stereocenters. The first-order chi connectivity index (χ1) is 6.56. The second-order valence-electron chi connectivity index (χ2n) is 2.69. The molecule has 0 aliphatic heterocycles. The largest absolute Gasteiger partial charge is 0.293 e. The van der Waals surface area contributed by atoms with Crippen molar-refractivity contribution in [3.63, 3.8) is 0 Å². The number of aromatic nitrogens is 1. The fourth-order valence-electron chi connectivity index (χ4n) is 1.01. The summed E-state index contributed by atoms with van der Waals surface area (Å²) >= 11 is 3.23. The Morgan fingerprint density at radius 2 is 2.29 bits per heavy atom. The van der Waals surface area contributed by atoms with Gasteiger partial charge in [0, 0.05) is 23.3 Å². The summed E-state index contributed by atoms with van der Waals surface area (Å²) in [5.74, 6) is 0.326. The number of ketones is 1. The van der Waals surface area contributed by atoms with Crippen molar-refractivity contribution >= 4 is 32.5 Å². The minimum absolute atomic E-state index is 0.158. The molecule has 0 N–H and O–H groups in total. The van der Waals surface area contributed by atoms with Crippen LogP contribution in [0.5, 0.6) is 0 Å². The summed E-state index contributed by atoms with van der Waals surface area (Å²) in [5, 5.41) is 0. The second-order valence-corrected chi connectivity index (χ2v) is 5.31. The van der Waals surface area contributed by atoms with Gasteiger partial charge in [0.1, 0.15) is 5.69 Å². The molecule has 14 heavy (non-hydrogen) atoms. The normalized spacial score (nSPS) is 12.5. The Hall–Kier alpha value is -0.550. The van der Waals surface area contributed by atoms with Gasteiger partial charge in [0.15, 0.2) is 5.78 Å². The maximum Gasteiger partial charge on any atom is 0.179 e. The molecule has 0 radical (unpaired) electrons. The van der Waals surface area contributed by atoms with E-state index in [0.29, 0.717) is 16.3 Å². The van der Waals surface area contributed by atoms with Gasteiger partial charge in [-0.1, -0.05) is 6.92 Å². The molecule has 0 aromatic carbocycles. The monoisotopic (exact) mass is 275 g/mol. The molecule has 0 spiro atoms. The summed E-state index contributed by atoms with van der Waals surface area (Å²) in [6.07, 6.45) is 1.53. The molecule has 1 aromatic rings. The van der Waals surface area contributed by atoms with E-state index in [9.17, 15) is 9.00 Å². The van der Waals surface area contributed by atoms with Crippen LogP contribution in [0.1, 0.15) is 24.3 Å². The molecule has 3 nitrogen and oxygen atoms in total. The number of Topliss-reactive ketones (excluding diaryl/α,β-unsaturated/α-hetero) is 1. The van der Waals surface area contributed by atoms with Crippen LogP contribution >= 0.6 is 15.9 Å². The molecule has 0 saturated heterocycles. The molecule has 1 atom stereocenters. The third kappa shape index (κ3) is 2.48. The average molecular weight is 276 g/mol. The fraction of sp³-hybridized carbons (Fsp3) is 0.333. The first-order valence-electron chi connectivity index (χ1n) is 4.11. The van der Waals surface area contributed by atoms with E-state index in [-0.39, 0.29) is 5.78 Å². The number of halogens is 1. The molecule has 0 bridgehead atoms. The summed E-state index contributed by atoms with van der Waals surface area (Å²) in [5.41, 5.74) is 0.299. The predicted molar refractivity (Wildman–Crippen MR) is 58.9 cm³/mol. The van der Waals surface area contributed by atoms with Crippen LogP contribution in [0.15, 0.2) is 21.6 Å². The van der Waals surface area contributed by atoms with Gasteiger partial charge in [-0.05, 0) is 22.0 Å². The van der Waals surface area contributed by atoms with E-state index in [2.05, 4.69) is 20.9 Å². The zero-order valence-corrected chi connectivity index (χ0v) is 10.3. The topological polar surface area (TPSA) is 47.0 Å². The second kappa shape index (κ2) is 4.79. The van der Waals surface area contributed by atoms with E-state index < -0.39 is 10.8 Å². The van der Waals surface area contributed by atoms with Gasteiger partial charge in [-0.25, -0.2) is 0 Å². The van der Waals surface area contributed by atoms with E-state index in [1.807, 2.05) is 0 Å². The van der Waals surface area contributed by atoms with Gasteiger partial charge in [0.25, 0.3) is 0 Å². The van der Waals surface area contributed by atoms with Crippen molar-refractivity contribution in [2.75, 3.05) is 5.75 Å². The molecule has 0 aliphatic carbocycles. The van der Waals surface area contributed by atoms with Crippen LogP contribution in [0.25, 0.3) is 0 Å². The van der Waals surface area contributed by atoms with E-state index in [1.165, 1.54) is 13.1 Å². The molecule has 1 aromatic heterocycles. The van der Waals surface area contributed by atoms with Crippen LogP contribution in [-0.2, 0) is 10.8 Å². The van der Waals surface area contributed by atoms with Crippen molar-refractivity contribution in [3.8, 4) is 0 Å². The van der Waals surface area contributed by atoms with Crippen LogP contribution < -0.4 is 0 Å². The Bertz CT molecular complexity index is 392. The van der Waals surface area contributed by atoms with Gasteiger partial charge in [-0.3, -0.25) is 14.0 Å². The summed E-state index contributed by atoms with van der Waals surface area (Å²) in [6.45, 7) is 3.23. The fourth-order valence-corrected chi connectivity index (χ4v) is 2.48. The van der Waals surface area contributed by atoms with Crippen LogP contribution in [0.3, 0.4) is 0 Å². The number of carbonyl (C=O) groups excluding carboxylic acids is 1. The molecule has 0 aliphatic rings. The SMILES string of the molecule is CCS(=O)c1cc(Br)cnc1C(C)=O. The molecule has 5 heteroatoms. The molecule has 0 fully saturated rings. The lowest BCUT2D eigenvalue weighted by molar-refractivity contribution is 0.101. The smallest absolute Gasteiger partial charge is 0.179 e. The highest BCUT2D eigenvalue weighted by Gasteiger charge is 2.13. The third-order valence-corrected chi connectivity index (χ3v) is 3.42. The lowest BCUT2D eigenvalue weighted by atomic mass is 10.3. The third-order valence-electron chi connectivity index (χ3n) is 1.66. The van der Waals surface area contributed by atoms with Gasteiger partial charge < -0.3 is 0 Å². The molecule has 76 valence electrons. The summed E-state index contributed by atoms with van der Waals surface area (Å²) < 4.78 is 12.3. The molecular formula is C9H10BrNO2S. The predicted octanol–water partition coefficient (Wildman–Crippen LogP) is 2.17. The number of pyridine rings is 1. The first-order valence-corrected chi connectivity index (χ1v) is 6.22. The van der Waals surface area contributed by atoms with Gasteiger partial charge >= 0.3 is 0 Å². The maximum absolute atomic E-state index is 11.6. The van der Waals surface area contributed by atoms with E-state index in [4.69, 9.17) is 0 Å². The number of carbonyl (C=O) groups is 1. The molecule has 0 amide bonds. The van der Waals surface area contributed by atoms with Gasteiger partial charge in [0.2, 0.25) is 0 Å². The van der Waals surface area contributed by atoms with Crippen molar-refractivity contribution in [2.45, 2.75) is 18.7 Å². The van der Waals surface area contributed by atoms with Crippen LogP contribution in [-0.4, -0.2) is 20.7 Å². The van der Waals surface area contributed by atoms with Crippen LogP contribution in [0, 0.1) is 0 Å². The average Bonchev–Trinajstić information content (AvgIpc) is 2.16. The van der Waals surface area contributed by atoms with Gasteiger partial charge in [-0.2, -0.15) is 0 Å². The molecule has 1 heterocycles. The zero-order valence-electron chi connectivity index (χ0n) is 7.91. The number of hydrogen-bond acceptors (Lipinski definition) is 3. The van der Waals surface area contributed by atoms with E-state index in [0.717, 1.165) is 4.47 Å². The zero-order chi connectivity index (χ0) is 10.7. The van der Waals surface area contributed by atoms with Crippen LogP contribution in [0.4, 0.5) is 0 Å². The molecule has 1 rings (SSSR count). The Labute approximate surface area is 93.5 Å². The number of rotatable bonds is 3. The van der Waals surface area contributed by atoms with Gasteiger partial charge in [-0.15, -0.1) is 0 Å². The summed E-state index contributed by atoms with van der Waals surface area (Å²) in [4.78, 5) is 15.7. The summed E-state index contributed by atoms with van der Waals surface area (Å²) in [6, 6.07) is 1.68. The lowest BCUT2D eigenvalue weighted by Gasteiger charge is -2.04. The quantitative estimate of drug-likeness (QED) is 0.795. The molecular weight excluding hydrogens is 266 g/mol. The highest BCUT2D eigenvalue weighted by Crippen LogP contribution is 2.18. The summed E-state index contributed by atoms with van der Waals surface area (Å²) in [7, 11) is -1.15. The Morgan fingerprint density at radius 1 is 1.64 bits per heavy atom. The molecule has 0 saturated carbocycles. The van der Waals surface area contributed by atoms with E-state index >= 15 is 0 Å². The van der Waals surface area contributed by atoms with E-state index in [1.54, 1.807) is 13.0 Å². The van der Waals surface area contributed by atoms with Crippen molar-refractivity contribution in [3.05, 3.63) is 22.4 Å². The lowest BCUT2D eigenvalue weighted by Crippen LogP contribution is -2.06. The Morgan fingerprint density at radius 3 is 2.79 bits per heavy atom. The Kier molecular flexibility index (Phi) is 3.95. The number of hydrogen-bond donors (Lipinski definition) is 0. The highest BCUT2D eigenvalue weighted by molar-refractivity contribution is 9.10. The number of nitrogens with zero attached hydrogens (tertiary/aromatic N) is 1. The van der Waals surface area contributed by atoms with Crippen molar-refractivity contribution < 1.29 is 9.00 Å². The minimum atomic E-state index is -1.15. The maximum atomic E-state index is 11.6. The first kappa shape index (κ1) is 11.5. The van der Waals surface area contributed by atoms with Crippen molar-refractivity contribution in [2.24, 2.45) is 0 Å². The minimum Gasteiger partial charge on any atom is -0.293 e. The standard InChI is InChI=1S/C9H10BrNO2S/c1-3-14(13)8-4-7(10)5-11-9(8)6(2)12/h4-5H,3H2,1-2H3. The van der Waals surface area contributed by atoms with Crippen molar-refractivity contribution in [1.29, 1.82) is 0 Å². The van der Waals surface area contributed by atoms with Crippen LogP contribution in [0.2, 0.25) is 0 Å². The Balaban J connectivity index is 3.29. The van der Waals surface area contributed by atoms with Crippen molar-refractivity contribution in [1.82, 2.24) is 4.98 Å². The van der Waals surface area contributed by atoms with Gasteiger partial charge in [0.05, 0.1) is 15.7 Å².